The van der Waals surface area contributed by atoms with Crippen molar-refractivity contribution in [1.29, 1.82) is 0 Å². The van der Waals surface area contributed by atoms with Gasteiger partial charge in [-0.3, -0.25) is 14.3 Å². The summed E-state index contributed by atoms with van der Waals surface area (Å²) in [6.07, 6.45) is 5.42. The number of nitrogens with one attached hydrogen (secondary N) is 2. The summed E-state index contributed by atoms with van der Waals surface area (Å²) in [6, 6.07) is 10.1. The molecule has 1 aromatic carbocycles. The second-order valence-corrected chi connectivity index (χ2v) is 5.59. The quantitative estimate of drug-likeness (QED) is 0.723. The van der Waals surface area contributed by atoms with Gasteiger partial charge in [-0.1, -0.05) is 0 Å². The number of aromatic nitrogens is 2. The maximum Gasteiger partial charge on any atom is 0.291 e. The second kappa shape index (κ2) is 7.48. The van der Waals surface area contributed by atoms with Crippen LogP contribution in [-0.4, -0.2) is 21.6 Å². The second-order valence-electron chi connectivity index (χ2n) is 5.59. The lowest BCUT2D eigenvalue weighted by molar-refractivity contribution is -0.116. The third-order valence-corrected chi connectivity index (χ3v) is 3.50. The molecular weight excluding hydrogens is 320 g/mol. The summed E-state index contributed by atoms with van der Waals surface area (Å²) in [4.78, 5) is 23.9. The Hall–Kier alpha value is -3.35. The molecule has 0 aliphatic heterocycles. The number of amides is 2. The van der Waals surface area contributed by atoms with E-state index in [0.29, 0.717) is 24.3 Å². The van der Waals surface area contributed by atoms with Crippen molar-refractivity contribution >= 4 is 23.2 Å². The lowest BCUT2D eigenvalue weighted by atomic mass is 10.2. The Morgan fingerprint density at radius 1 is 1.12 bits per heavy atom. The smallest absolute Gasteiger partial charge is 0.291 e. The number of carbonyl (C=O) groups is 2. The van der Waals surface area contributed by atoms with Crippen LogP contribution in [0.15, 0.2) is 59.5 Å². The molecule has 0 radical (unpaired) electrons. The van der Waals surface area contributed by atoms with Crippen LogP contribution in [-0.2, 0) is 11.3 Å². The van der Waals surface area contributed by atoms with Crippen molar-refractivity contribution in [2.45, 2.75) is 19.9 Å². The number of anilines is 2. The first-order chi connectivity index (χ1) is 12.1. The standard InChI is InChI=1S/C18H18N4O3/c1-13-11-19-22(12-13)9-8-17(23)20-14-4-6-15(7-5-14)21-18(24)16-3-2-10-25-16/h2-7,10-12H,8-9H2,1H3,(H,20,23)(H,21,24). The molecule has 7 nitrogen and oxygen atoms in total. The topological polar surface area (TPSA) is 89.2 Å². The fourth-order valence-corrected chi connectivity index (χ4v) is 2.27. The van der Waals surface area contributed by atoms with Gasteiger partial charge in [0.1, 0.15) is 0 Å². The van der Waals surface area contributed by atoms with E-state index in [2.05, 4.69) is 15.7 Å². The van der Waals surface area contributed by atoms with Crippen LogP contribution >= 0.6 is 0 Å². The minimum atomic E-state index is -0.323. The predicted molar refractivity (Wildman–Crippen MR) is 93.3 cm³/mol. The van der Waals surface area contributed by atoms with Crippen LogP contribution in [0.1, 0.15) is 22.5 Å². The largest absolute Gasteiger partial charge is 0.459 e. The first kappa shape index (κ1) is 16.5. The van der Waals surface area contributed by atoms with E-state index in [1.165, 1.54) is 6.26 Å². The molecule has 0 bridgehead atoms. The van der Waals surface area contributed by atoms with Crippen LogP contribution in [0.4, 0.5) is 11.4 Å². The van der Waals surface area contributed by atoms with Gasteiger partial charge in [-0.2, -0.15) is 5.10 Å². The molecule has 0 unspecified atom stereocenters. The lowest BCUT2D eigenvalue weighted by Gasteiger charge is -2.07. The van der Waals surface area contributed by atoms with Gasteiger partial charge in [0.05, 0.1) is 12.5 Å². The van der Waals surface area contributed by atoms with Crippen molar-refractivity contribution in [1.82, 2.24) is 9.78 Å². The molecule has 0 fully saturated rings. The zero-order valence-corrected chi connectivity index (χ0v) is 13.7. The maximum absolute atomic E-state index is 12.0. The zero-order chi connectivity index (χ0) is 17.6. The highest BCUT2D eigenvalue weighted by atomic mass is 16.3. The van der Waals surface area contributed by atoms with Gasteiger partial charge in [0.25, 0.3) is 5.91 Å². The molecule has 7 heteroatoms. The van der Waals surface area contributed by atoms with Crippen LogP contribution in [0.2, 0.25) is 0 Å². The number of hydrogen-bond donors (Lipinski definition) is 2. The summed E-state index contributed by atoms with van der Waals surface area (Å²) >= 11 is 0. The number of furan rings is 1. The van der Waals surface area contributed by atoms with Gasteiger partial charge >= 0.3 is 0 Å². The third-order valence-electron chi connectivity index (χ3n) is 3.50. The first-order valence-corrected chi connectivity index (χ1v) is 7.84. The van der Waals surface area contributed by atoms with E-state index in [1.54, 1.807) is 47.3 Å². The van der Waals surface area contributed by atoms with E-state index in [9.17, 15) is 9.59 Å². The SMILES string of the molecule is Cc1cnn(CCC(=O)Nc2ccc(NC(=O)c3ccco3)cc2)c1. The normalized spacial score (nSPS) is 10.4. The van der Waals surface area contributed by atoms with Crippen molar-refractivity contribution in [2.75, 3.05) is 10.6 Å². The average Bonchev–Trinajstić information content (AvgIpc) is 3.26. The number of hydrogen-bond acceptors (Lipinski definition) is 4. The predicted octanol–water partition coefficient (Wildman–Crippen LogP) is 3.07. The minimum absolute atomic E-state index is 0.0967. The zero-order valence-electron chi connectivity index (χ0n) is 13.7. The Balaban J connectivity index is 1.50. The summed E-state index contributed by atoms with van der Waals surface area (Å²) in [5, 5.41) is 9.68. The monoisotopic (exact) mass is 338 g/mol. The highest BCUT2D eigenvalue weighted by Crippen LogP contribution is 2.15. The van der Waals surface area contributed by atoms with Crippen molar-refractivity contribution in [2.24, 2.45) is 0 Å². The van der Waals surface area contributed by atoms with Gasteiger partial charge in [-0.05, 0) is 48.9 Å². The fraction of sp³-hybridized carbons (Fsp3) is 0.167. The fourth-order valence-electron chi connectivity index (χ4n) is 2.27. The molecular formula is C18H18N4O3. The number of benzene rings is 1. The van der Waals surface area contributed by atoms with Gasteiger partial charge in [0.15, 0.2) is 5.76 Å². The molecule has 25 heavy (non-hydrogen) atoms. The lowest BCUT2D eigenvalue weighted by Crippen LogP contribution is -2.15. The maximum atomic E-state index is 12.0. The van der Waals surface area contributed by atoms with Gasteiger partial charge < -0.3 is 15.1 Å². The van der Waals surface area contributed by atoms with Crippen LogP contribution in [0.25, 0.3) is 0 Å². The Morgan fingerprint density at radius 2 is 1.84 bits per heavy atom. The van der Waals surface area contributed by atoms with Gasteiger partial charge in [-0.15, -0.1) is 0 Å². The Labute approximate surface area is 144 Å². The van der Waals surface area contributed by atoms with E-state index in [0.717, 1.165) is 5.56 Å². The molecule has 2 aromatic heterocycles. The van der Waals surface area contributed by atoms with Crippen LogP contribution in [0.5, 0.6) is 0 Å². The third kappa shape index (κ3) is 4.57. The summed E-state index contributed by atoms with van der Waals surface area (Å²) in [5.41, 5.74) is 2.34. The molecule has 0 spiro atoms. The average molecular weight is 338 g/mol. The molecule has 128 valence electrons. The summed E-state index contributed by atoms with van der Waals surface area (Å²) in [6.45, 7) is 2.48. The molecule has 0 aliphatic rings. The molecule has 2 heterocycles. The number of nitrogens with zero attached hydrogens (tertiary/aromatic N) is 2. The van der Waals surface area contributed by atoms with E-state index >= 15 is 0 Å². The molecule has 2 amide bonds. The molecule has 0 saturated heterocycles. The number of aryl methyl sites for hydroxylation is 2. The Morgan fingerprint density at radius 3 is 2.44 bits per heavy atom. The number of carbonyl (C=O) groups excluding carboxylic acids is 2. The van der Waals surface area contributed by atoms with Crippen molar-refractivity contribution in [3.05, 3.63) is 66.4 Å². The van der Waals surface area contributed by atoms with E-state index < -0.39 is 0 Å². The van der Waals surface area contributed by atoms with Crippen molar-refractivity contribution in [3.8, 4) is 0 Å². The van der Waals surface area contributed by atoms with E-state index in [-0.39, 0.29) is 17.6 Å². The molecule has 0 atom stereocenters. The molecule has 3 rings (SSSR count). The Kier molecular flexibility index (Phi) is 4.94. The van der Waals surface area contributed by atoms with Crippen LogP contribution in [0, 0.1) is 6.92 Å². The van der Waals surface area contributed by atoms with E-state index in [1.807, 2.05) is 13.1 Å². The molecule has 3 aromatic rings. The van der Waals surface area contributed by atoms with E-state index in [4.69, 9.17) is 4.42 Å². The van der Waals surface area contributed by atoms with Crippen LogP contribution < -0.4 is 10.6 Å². The number of rotatable bonds is 6. The summed E-state index contributed by atoms with van der Waals surface area (Å²) < 4.78 is 6.77. The van der Waals surface area contributed by atoms with Gasteiger partial charge in [0, 0.05) is 30.5 Å². The van der Waals surface area contributed by atoms with Crippen molar-refractivity contribution < 1.29 is 14.0 Å². The van der Waals surface area contributed by atoms with Gasteiger partial charge in [-0.25, -0.2) is 0 Å². The molecule has 0 aliphatic carbocycles. The first-order valence-electron chi connectivity index (χ1n) is 7.84. The molecule has 2 N–H and O–H groups in total. The van der Waals surface area contributed by atoms with Crippen LogP contribution in [0.3, 0.4) is 0 Å². The summed E-state index contributed by atoms with van der Waals surface area (Å²) in [7, 11) is 0. The minimum Gasteiger partial charge on any atom is -0.459 e. The van der Waals surface area contributed by atoms with Crippen molar-refractivity contribution in [3.63, 3.8) is 0 Å². The van der Waals surface area contributed by atoms with Gasteiger partial charge in [0.2, 0.25) is 5.91 Å². The highest BCUT2D eigenvalue weighted by Gasteiger charge is 2.09. The molecule has 0 saturated carbocycles. The summed E-state index contributed by atoms with van der Waals surface area (Å²) in [5.74, 6) is -0.178. The highest BCUT2D eigenvalue weighted by molar-refractivity contribution is 6.02. The Bertz CT molecular complexity index is 851.